The average Bonchev–Trinajstić information content (AvgIpc) is 3.12. The number of nitrogens with zero attached hydrogens (tertiary/aromatic N) is 1. The molecule has 2 amide bonds. The average molecular weight is 680 g/mol. The maximum absolute atomic E-state index is 12.3. The van der Waals surface area contributed by atoms with E-state index in [9.17, 15) is 19.8 Å². The number of carbonyl (C=O) groups is 2. The smallest absolute Gasteiger partial charge is 0.243 e. The van der Waals surface area contributed by atoms with Crippen LogP contribution in [0.3, 0.4) is 0 Å². The van der Waals surface area contributed by atoms with E-state index in [4.69, 9.17) is 26.3 Å². The maximum atomic E-state index is 12.3. The Bertz CT molecular complexity index is 1460. The predicted molar refractivity (Wildman–Crippen MR) is 181 cm³/mol. The van der Waals surface area contributed by atoms with Gasteiger partial charge in [0.1, 0.15) is 0 Å². The van der Waals surface area contributed by atoms with E-state index in [0.717, 1.165) is 47.3 Å². The number of ether oxygens (including phenoxy) is 2. The lowest BCUT2D eigenvalue weighted by Gasteiger charge is -2.42. The lowest BCUT2D eigenvalue weighted by atomic mass is 9.84. The fraction of sp³-hybridized carbons (Fsp3) is 0.459. The topological polar surface area (TPSA) is 141 Å². The molecule has 2 aliphatic rings. The Kier molecular flexibility index (Phi) is 13.0. The van der Waals surface area contributed by atoms with Crippen LogP contribution in [-0.2, 0) is 37.8 Å². The molecule has 5 rings (SSSR count). The van der Waals surface area contributed by atoms with Gasteiger partial charge in [0.25, 0.3) is 0 Å². The Hall–Kier alpha value is -3.35. The van der Waals surface area contributed by atoms with Crippen LogP contribution in [0.2, 0.25) is 5.02 Å². The Balaban J connectivity index is 1.17. The number of aliphatic hydroxyl groups excluding tert-OH is 1. The van der Waals surface area contributed by atoms with E-state index < -0.39 is 17.8 Å². The minimum Gasteiger partial charge on any atom is -0.392 e. The highest BCUT2D eigenvalue weighted by Crippen LogP contribution is 2.39. The molecule has 3 aromatic rings. The molecular formula is C37H46ClN3O7. The quantitative estimate of drug-likeness (QED) is 0.0863. The fourth-order valence-corrected chi connectivity index (χ4v) is 6.49. The summed E-state index contributed by atoms with van der Waals surface area (Å²) in [5.74, 6) is -0.465. The first-order chi connectivity index (χ1) is 23.2. The molecule has 0 aromatic heterocycles. The second-order valence-electron chi connectivity index (χ2n) is 12.8. The standard InChI is InChI=1S/C37H46ClN3O7/c38-31-16-14-30(15-17-31)37(45)18-20-41(21-19-37)24-32-22-33(28-10-8-27(25-42)9-11-28)48-36(47-32)29-12-6-26(7-13-29)23-39-34(43)4-2-1-3-5-35(44)40-46/h6-17,32-33,36,42,45-46H,1-5,18-25H2,(H,39,43)(H,40,44)/t32-,33+,36+/m1/s1. The van der Waals surface area contributed by atoms with Crippen molar-refractivity contribution in [2.45, 2.75) is 88.6 Å². The number of hydrogen-bond acceptors (Lipinski definition) is 8. The summed E-state index contributed by atoms with van der Waals surface area (Å²) in [4.78, 5) is 25.7. The summed E-state index contributed by atoms with van der Waals surface area (Å²) in [7, 11) is 0. The summed E-state index contributed by atoms with van der Waals surface area (Å²) in [5.41, 5.74) is 5.34. The van der Waals surface area contributed by atoms with E-state index >= 15 is 0 Å². The third kappa shape index (κ3) is 10.1. The first-order valence-corrected chi connectivity index (χ1v) is 17.1. The lowest BCUT2D eigenvalue weighted by Crippen LogP contribution is -2.46. The second-order valence-corrected chi connectivity index (χ2v) is 13.2. The SMILES string of the molecule is O=C(CCCCCC(=O)NCc1ccc([C@H]2O[C@@H](CN3CCC(O)(c4ccc(Cl)cc4)CC3)C[C@@H](c3ccc(CO)cc3)O2)cc1)NO. The molecule has 0 bridgehead atoms. The molecule has 2 fully saturated rings. The van der Waals surface area contributed by atoms with Crippen LogP contribution in [0.1, 0.15) is 91.6 Å². The zero-order valence-corrected chi connectivity index (χ0v) is 27.9. The van der Waals surface area contributed by atoms with Gasteiger partial charge >= 0.3 is 0 Å². The highest BCUT2D eigenvalue weighted by Gasteiger charge is 2.37. The molecule has 0 radical (unpaired) electrons. The highest BCUT2D eigenvalue weighted by molar-refractivity contribution is 6.30. The molecule has 48 heavy (non-hydrogen) atoms. The van der Waals surface area contributed by atoms with Gasteiger partial charge in [0.05, 0.1) is 24.4 Å². The number of aliphatic hydroxyl groups is 2. The number of carbonyl (C=O) groups excluding carboxylic acids is 2. The van der Waals surface area contributed by atoms with Gasteiger partial charge in [-0.1, -0.05) is 78.7 Å². The van der Waals surface area contributed by atoms with E-state index in [1.807, 2.05) is 72.8 Å². The Morgan fingerprint density at radius 3 is 2.10 bits per heavy atom. The molecule has 5 N–H and O–H groups in total. The van der Waals surface area contributed by atoms with Crippen LogP contribution in [0.25, 0.3) is 0 Å². The van der Waals surface area contributed by atoms with Gasteiger partial charge in [-0.25, -0.2) is 5.48 Å². The van der Waals surface area contributed by atoms with Crippen molar-refractivity contribution in [2.24, 2.45) is 0 Å². The molecule has 2 saturated heterocycles. The van der Waals surface area contributed by atoms with E-state index in [1.165, 1.54) is 0 Å². The molecule has 258 valence electrons. The van der Waals surface area contributed by atoms with E-state index in [0.29, 0.717) is 56.6 Å². The van der Waals surface area contributed by atoms with Gasteiger partial charge in [-0.2, -0.15) is 0 Å². The number of rotatable bonds is 14. The van der Waals surface area contributed by atoms with Crippen molar-refractivity contribution in [1.82, 2.24) is 15.7 Å². The lowest BCUT2D eigenvalue weighted by molar-refractivity contribution is -0.253. The number of nitrogens with one attached hydrogen (secondary N) is 2. The van der Waals surface area contributed by atoms with Gasteiger partial charge in [-0.05, 0) is 60.1 Å². The van der Waals surface area contributed by atoms with Crippen LogP contribution in [0.15, 0.2) is 72.8 Å². The van der Waals surface area contributed by atoms with Crippen LogP contribution < -0.4 is 10.8 Å². The summed E-state index contributed by atoms with van der Waals surface area (Å²) in [6.07, 6.45) is 3.66. The molecule has 10 nitrogen and oxygen atoms in total. The Morgan fingerprint density at radius 1 is 0.833 bits per heavy atom. The van der Waals surface area contributed by atoms with E-state index in [1.54, 1.807) is 5.48 Å². The number of benzene rings is 3. The van der Waals surface area contributed by atoms with Gasteiger partial charge in [0.15, 0.2) is 6.29 Å². The Labute approximate surface area is 287 Å². The molecule has 0 saturated carbocycles. The molecular weight excluding hydrogens is 634 g/mol. The normalized spacial score (nSPS) is 21.0. The van der Waals surface area contributed by atoms with Crippen molar-refractivity contribution in [3.63, 3.8) is 0 Å². The summed E-state index contributed by atoms with van der Waals surface area (Å²) in [6, 6.07) is 23.2. The van der Waals surface area contributed by atoms with Crippen molar-refractivity contribution in [3.05, 3.63) is 106 Å². The van der Waals surface area contributed by atoms with Gasteiger partial charge < -0.3 is 29.9 Å². The van der Waals surface area contributed by atoms with Crippen LogP contribution in [0.5, 0.6) is 0 Å². The number of hydrogen-bond donors (Lipinski definition) is 5. The first kappa shape index (κ1) is 35.9. The summed E-state index contributed by atoms with van der Waals surface area (Å²) < 4.78 is 13.1. The number of likely N-dealkylation sites (tertiary alicyclic amines) is 1. The van der Waals surface area contributed by atoms with Gasteiger partial charge in [-0.3, -0.25) is 14.8 Å². The fourth-order valence-electron chi connectivity index (χ4n) is 6.36. The zero-order chi connectivity index (χ0) is 33.9. The number of halogens is 1. The molecule has 0 unspecified atom stereocenters. The van der Waals surface area contributed by atoms with E-state index in [2.05, 4.69) is 10.2 Å². The monoisotopic (exact) mass is 679 g/mol. The number of unbranched alkanes of at least 4 members (excludes halogenated alkanes) is 2. The van der Waals surface area contributed by atoms with Gasteiger partial charge in [0, 0.05) is 56.0 Å². The second kappa shape index (κ2) is 17.3. The third-order valence-corrected chi connectivity index (χ3v) is 9.57. The van der Waals surface area contributed by atoms with Crippen molar-refractivity contribution in [1.29, 1.82) is 0 Å². The van der Waals surface area contributed by atoms with Gasteiger partial charge in [0.2, 0.25) is 11.8 Å². The molecule has 3 atom stereocenters. The van der Waals surface area contributed by atoms with Crippen LogP contribution in [0.4, 0.5) is 0 Å². The molecule has 0 spiro atoms. The summed E-state index contributed by atoms with van der Waals surface area (Å²) >= 11 is 6.07. The number of hydroxylamine groups is 1. The molecule has 11 heteroatoms. The minimum atomic E-state index is -0.876. The highest BCUT2D eigenvalue weighted by atomic mass is 35.5. The third-order valence-electron chi connectivity index (χ3n) is 9.32. The molecule has 2 aliphatic heterocycles. The molecule has 2 heterocycles. The largest absolute Gasteiger partial charge is 0.392 e. The summed E-state index contributed by atoms with van der Waals surface area (Å²) in [6.45, 7) is 2.57. The first-order valence-electron chi connectivity index (χ1n) is 16.7. The minimum absolute atomic E-state index is 0.0181. The summed E-state index contributed by atoms with van der Waals surface area (Å²) in [5, 5.41) is 33.1. The van der Waals surface area contributed by atoms with Crippen molar-refractivity contribution >= 4 is 23.4 Å². The van der Waals surface area contributed by atoms with Crippen molar-refractivity contribution in [2.75, 3.05) is 19.6 Å². The van der Waals surface area contributed by atoms with Crippen molar-refractivity contribution < 1.29 is 34.5 Å². The van der Waals surface area contributed by atoms with Gasteiger partial charge in [-0.15, -0.1) is 0 Å². The molecule has 3 aromatic carbocycles. The number of piperidine rings is 1. The van der Waals surface area contributed by atoms with E-state index in [-0.39, 0.29) is 31.1 Å². The van der Waals surface area contributed by atoms with Crippen molar-refractivity contribution in [3.8, 4) is 0 Å². The van der Waals surface area contributed by atoms with Crippen LogP contribution in [0, 0.1) is 0 Å². The molecule has 0 aliphatic carbocycles. The van der Waals surface area contributed by atoms with Crippen LogP contribution >= 0.6 is 11.6 Å². The van der Waals surface area contributed by atoms with Crippen LogP contribution in [-0.4, -0.2) is 57.9 Å². The zero-order valence-electron chi connectivity index (χ0n) is 27.2. The predicted octanol–water partition coefficient (Wildman–Crippen LogP) is 5.43. The maximum Gasteiger partial charge on any atom is 0.243 e. The Morgan fingerprint density at radius 2 is 1.46 bits per heavy atom. The number of amides is 2.